The number of H-pyrrole nitrogens is 1. The fraction of sp³-hybridized carbons (Fsp3) is 0.500. The summed E-state index contributed by atoms with van der Waals surface area (Å²) in [5.74, 6) is 0.191. The highest BCUT2D eigenvalue weighted by atomic mass is 32.1. The van der Waals surface area contributed by atoms with Crippen LogP contribution in [-0.2, 0) is 4.74 Å². The van der Waals surface area contributed by atoms with Crippen molar-refractivity contribution < 1.29 is 14.9 Å². The summed E-state index contributed by atoms with van der Waals surface area (Å²) in [5, 5.41) is 18.8. The molecule has 8 nitrogen and oxygen atoms in total. The molecule has 5 N–H and O–H groups in total. The van der Waals surface area contributed by atoms with E-state index in [2.05, 4.69) is 15.0 Å². The van der Waals surface area contributed by atoms with Gasteiger partial charge in [0.25, 0.3) is 0 Å². The quantitative estimate of drug-likeness (QED) is 0.559. The number of fused-ring (bicyclic) bond motifs is 1. The smallest absolute Gasteiger partial charge is 0.200 e. The summed E-state index contributed by atoms with van der Waals surface area (Å²) in [4.78, 5) is 11.0. The number of aromatic amines is 1. The summed E-state index contributed by atoms with van der Waals surface area (Å²) >= 11 is 5.12. The van der Waals surface area contributed by atoms with Crippen LogP contribution in [-0.4, -0.2) is 48.5 Å². The van der Waals surface area contributed by atoms with Crippen LogP contribution in [0.2, 0.25) is 0 Å². The van der Waals surface area contributed by atoms with Crippen molar-refractivity contribution in [2.24, 2.45) is 0 Å². The van der Waals surface area contributed by atoms with Crippen LogP contribution in [0.4, 0.5) is 5.95 Å². The number of nitrogen functional groups attached to an aromatic ring is 1. The van der Waals surface area contributed by atoms with Crippen molar-refractivity contribution in [2.45, 2.75) is 24.9 Å². The third-order valence-corrected chi connectivity index (χ3v) is 3.44. The molecule has 9 heteroatoms. The Balaban J connectivity index is 2.05. The van der Waals surface area contributed by atoms with Crippen molar-refractivity contribution in [1.82, 2.24) is 19.5 Å². The topological polar surface area (TPSA) is 122 Å². The Morgan fingerprint density at radius 1 is 1.63 bits per heavy atom. The number of aliphatic hydroxyl groups excluding tert-OH is 2. The van der Waals surface area contributed by atoms with Crippen LogP contribution in [0.15, 0.2) is 6.33 Å². The average molecular weight is 283 g/mol. The maximum atomic E-state index is 9.75. The molecule has 0 radical (unpaired) electrons. The van der Waals surface area contributed by atoms with Crippen molar-refractivity contribution in [2.75, 3.05) is 12.3 Å². The van der Waals surface area contributed by atoms with Gasteiger partial charge in [-0.05, 0) is 0 Å². The number of nitrogens with zero attached hydrogens (tertiary/aromatic N) is 3. The standard InChI is InChI=1S/C10H13N5O3S/c11-10-13-8-7(9(19)14-10)12-3-15(8)6-1-4(17)5(2-16)18-6/h3-6,16-17H,1-2H2,(H3,11,13,14,19)/t4-,5+,6-/m0/s1. The Labute approximate surface area is 112 Å². The van der Waals surface area contributed by atoms with Crippen molar-refractivity contribution >= 4 is 29.3 Å². The van der Waals surface area contributed by atoms with Gasteiger partial charge in [0, 0.05) is 6.42 Å². The summed E-state index contributed by atoms with van der Waals surface area (Å²) in [6, 6.07) is 0. The zero-order valence-corrected chi connectivity index (χ0v) is 10.7. The predicted octanol–water partition coefficient (Wildman–Crippen LogP) is -0.288. The molecular weight excluding hydrogens is 270 g/mol. The SMILES string of the molecule is Nc1nc2c(ncn2[C@@H]2C[C@H](O)[C@@H](CO)O2)c(=S)[nH]1. The molecule has 0 bridgehead atoms. The number of imidazole rings is 1. The summed E-state index contributed by atoms with van der Waals surface area (Å²) < 4.78 is 7.62. The van der Waals surface area contributed by atoms with Gasteiger partial charge in [-0.25, -0.2) is 4.98 Å². The van der Waals surface area contributed by atoms with Gasteiger partial charge in [-0.2, -0.15) is 4.98 Å². The van der Waals surface area contributed by atoms with E-state index in [1.54, 1.807) is 4.57 Å². The number of aliphatic hydroxyl groups is 2. The first kappa shape index (κ1) is 12.5. The third-order valence-electron chi connectivity index (χ3n) is 3.15. The van der Waals surface area contributed by atoms with Gasteiger partial charge in [0.05, 0.1) is 19.0 Å². The van der Waals surface area contributed by atoms with Gasteiger partial charge in [0.2, 0.25) is 5.95 Å². The molecule has 3 rings (SSSR count). The first-order chi connectivity index (χ1) is 9.10. The number of nitrogens with two attached hydrogens (primary N) is 1. The van der Waals surface area contributed by atoms with E-state index in [4.69, 9.17) is 27.8 Å². The van der Waals surface area contributed by atoms with E-state index in [1.807, 2.05) is 0 Å². The van der Waals surface area contributed by atoms with Gasteiger partial charge >= 0.3 is 0 Å². The van der Waals surface area contributed by atoms with E-state index in [1.165, 1.54) is 6.33 Å². The maximum absolute atomic E-state index is 9.75. The molecule has 19 heavy (non-hydrogen) atoms. The lowest BCUT2D eigenvalue weighted by Gasteiger charge is -2.13. The van der Waals surface area contributed by atoms with Gasteiger partial charge in [-0.15, -0.1) is 0 Å². The van der Waals surface area contributed by atoms with Crippen LogP contribution >= 0.6 is 12.2 Å². The second kappa shape index (κ2) is 4.53. The molecule has 0 saturated carbocycles. The molecule has 3 heterocycles. The molecule has 0 unspecified atom stereocenters. The summed E-state index contributed by atoms with van der Waals surface area (Å²) in [6.45, 7) is -0.236. The summed E-state index contributed by atoms with van der Waals surface area (Å²) in [6.07, 6.45) is 0.128. The molecule has 0 amide bonds. The average Bonchev–Trinajstić information content (AvgIpc) is 2.92. The molecule has 3 atom stereocenters. The summed E-state index contributed by atoms with van der Waals surface area (Å²) in [7, 11) is 0. The Bertz CT molecular complexity index is 669. The minimum Gasteiger partial charge on any atom is -0.394 e. The molecule has 102 valence electrons. The third kappa shape index (κ3) is 2.00. The minimum atomic E-state index is -0.719. The number of rotatable bonds is 2. The van der Waals surface area contributed by atoms with Gasteiger partial charge in [-0.3, -0.25) is 4.57 Å². The fourth-order valence-electron chi connectivity index (χ4n) is 2.20. The number of aromatic nitrogens is 4. The van der Waals surface area contributed by atoms with E-state index < -0.39 is 18.4 Å². The number of hydrogen-bond acceptors (Lipinski definition) is 7. The number of hydrogen-bond donors (Lipinski definition) is 4. The molecule has 2 aromatic heterocycles. The van der Waals surface area contributed by atoms with Crippen molar-refractivity contribution in [1.29, 1.82) is 0 Å². The zero-order chi connectivity index (χ0) is 13.6. The largest absolute Gasteiger partial charge is 0.394 e. The molecular formula is C10H13N5O3S. The highest BCUT2D eigenvalue weighted by Crippen LogP contribution is 2.30. The van der Waals surface area contributed by atoms with Crippen LogP contribution in [0.3, 0.4) is 0 Å². The molecule has 0 aromatic carbocycles. The number of anilines is 1. The van der Waals surface area contributed by atoms with E-state index in [9.17, 15) is 5.11 Å². The maximum Gasteiger partial charge on any atom is 0.200 e. The Morgan fingerprint density at radius 2 is 2.42 bits per heavy atom. The molecule has 2 aromatic rings. The second-order valence-corrected chi connectivity index (χ2v) is 4.80. The normalized spacial score (nSPS) is 27.2. The van der Waals surface area contributed by atoms with Gasteiger partial charge in [0.15, 0.2) is 5.65 Å². The Hall–Kier alpha value is -1.55. The number of nitrogens with one attached hydrogen (secondary N) is 1. The molecule has 0 spiro atoms. The lowest BCUT2D eigenvalue weighted by molar-refractivity contribution is -0.0432. The van der Waals surface area contributed by atoms with E-state index in [-0.39, 0.29) is 12.6 Å². The molecule has 1 fully saturated rings. The van der Waals surface area contributed by atoms with Gasteiger partial charge in [0.1, 0.15) is 22.5 Å². The lowest BCUT2D eigenvalue weighted by atomic mass is 10.2. The van der Waals surface area contributed by atoms with Crippen LogP contribution in [0.1, 0.15) is 12.6 Å². The Morgan fingerprint density at radius 3 is 3.11 bits per heavy atom. The summed E-state index contributed by atoms with van der Waals surface area (Å²) in [5.41, 5.74) is 6.65. The van der Waals surface area contributed by atoms with E-state index in [0.717, 1.165) is 0 Å². The van der Waals surface area contributed by atoms with Crippen LogP contribution in [0, 0.1) is 4.64 Å². The van der Waals surface area contributed by atoms with Crippen molar-refractivity contribution in [3.8, 4) is 0 Å². The first-order valence-corrected chi connectivity index (χ1v) is 6.17. The lowest BCUT2D eigenvalue weighted by Crippen LogP contribution is -2.24. The fourth-order valence-corrected chi connectivity index (χ4v) is 2.45. The van der Waals surface area contributed by atoms with E-state index in [0.29, 0.717) is 22.2 Å². The van der Waals surface area contributed by atoms with Crippen LogP contribution in [0.25, 0.3) is 11.2 Å². The van der Waals surface area contributed by atoms with Crippen LogP contribution in [0.5, 0.6) is 0 Å². The van der Waals surface area contributed by atoms with Crippen molar-refractivity contribution in [3.05, 3.63) is 11.0 Å². The molecule has 1 aliphatic rings. The Kier molecular flexibility index (Phi) is 2.97. The number of ether oxygens (including phenoxy) is 1. The predicted molar refractivity (Wildman–Crippen MR) is 68.7 cm³/mol. The first-order valence-electron chi connectivity index (χ1n) is 5.77. The highest BCUT2D eigenvalue weighted by molar-refractivity contribution is 7.71. The molecule has 1 saturated heterocycles. The van der Waals surface area contributed by atoms with Crippen molar-refractivity contribution in [3.63, 3.8) is 0 Å². The van der Waals surface area contributed by atoms with Gasteiger partial charge < -0.3 is 25.7 Å². The monoisotopic (exact) mass is 283 g/mol. The van der Waals surface area contributed by atoms with Crippen LogP contribution < -0.4 is 5.73 Å². The minimum absolute atomic E-state index is 0.191. The molecule has 0 aliphatic carbocycles. The van der Waals surface area contributed by atoms with Gasteiger partial charge in [-0.1, -0.05) is 12.2 Å². The zero-order valence-electron chi connectivity index (χ0n) is 9.85. The molecule has 1 aliphatic heterocycles. The second-order valence-electron chi connectivity index (χ2n) is 4.39. The van der Waals surface area contributed by atoms with E-state index >= 15 is 0 Å². The highest BCUT2D eigenvalue weighted by Gasteiger charge is 2.35.